The van der Waals surface area contributed by atoms with Crippen LogP contribution in [0.25, 0.3) is 0 Å². The van der Waals surface area contributed by atoms with Crippen LogP contribution < -0.4 is 10.5 Å². The average molecular weight is 312 g/mol. The second-order valence-corrected chi connectivity index (χ2v) is 7.50. The summed E-state index contributed by atoms with van der Waals surface area (Å²) >= 11 is 0. The van der Waals surface area contributed by atoms with Gasteiger partial charge in [-0.3, -0.25) is 0 Å². The third-order valence-electron chi connectivity index (χ3n) is 4.11. The van der Waals surface area contributed by atoms with Crippen molar-refractivity contribution in [1.29, 1.82) is 0 Å². The molecular formula is C15H24N2O3S. The molecule has 0 spiro atoms. The lowest BCUT2D eigenvalue weighted by Gasteiger charge is -2.24. The van der Waals surface area contributed by atoms with Crippen molar-refractivity contribution in [2.75, 3.05) is 13.7 Å². The fourth-order valence-corrected chi connectivity index (χ4v) is 3.91. The molecule has 118 valence electrons. The van der Waals surface area contributed by atoms with E-state index in [9.17, 15) is 8.42 Å². The third-order valence-corrected chi connectivity index (χ3v) is 6.05. The minimum Gasteiger partial charge on any atom is -0.494 e. The van der Waals surface area contributed by atoms with Crippen molar-refractivity contribution in [2.45, 2.75) is 44.2 Å². The van der Waals surface area contributed by atoms with Crippen LogP contribution in [0.4, 0.5) is 0 Å². The van der Waals surface area contributed by atoms with Crippen molar-refractivity contribution < 1.29 is 13.2 Å². The molecule has 0 bridgehead atoms. The fraction of sp³-hybridized carbons (Fsp3) is 0.600. The van der Waals surface area contributed by atoms with Crippen LogP contribution in [0.2, 0.25) is 0 Å². The fourth-order valence-electron chi connectivity index (χ4n) is 2.43. The molecule has 2 N–H and O–H groups in total. The Labute approximate surface area is 127 Å². The normalized spacial score (nSPS) is 17.0. The zero-order chi connectivity index (χ0) is 15.6. The summed E-state index contributed by atoms with van der Waals surface area (Å²) < 4.78 is 32.3. The van der Waals surface area contributed by atoms with Gasteiger partial charge in [-0.2, -0.15) is 4.31 Å². The lowest BCUT2D eigenvalue weighted by Crippen LogP contribution is -2.36. The summed E-state index contributed by atoms with van der Waals surface area (Å²) in [6.07, 6.45) is 2.22. The summed E-state index contributed by atoms with van der Waals surface area (Å²) in [4.78, 5) is 0.279. The van der Waals surface area contributed by atoms with E-state index in [0.717, 1.165) is 12.8 Å². The Bertz CT molecular complexity index is 597. The monoisotopic (exact) mass is 312 g/mol. The number of benzene rings is 1. The summed E-state index contributed by atoms with van der Waals surface area (Å²) in [5, 5.41) is 0. The highest BCUT2D eigenvalue weighted by Gasteiger charge is 2.36. The van der Waals surface area contributed by atoms with Crippen LogP contribution in [0, 0.1) is 5.92 Å². The van der Waals surface area contributed by atoms with Gasteiger partial charge in [-0.05, 0) is 50.8 Å². The minimum absolute atomic E-state index is 0.0305. The Kier molecular flexibility index (Phi) is 4.91. The first-order valence-corrected chi connectivity index (χ1v) is 8.79. The molecule has 1 saturated carbocycles. The Morgan fingerprint density at radius 2 is 2.10 bits per heavy atom. The van der Waals surface area contributed by atoms with Crippen LogP contribution >= 0.6 is 0 Å². The first-order chi connectivity index (χ1) is 9.91. The Balaban J connectivity index is 2.31. The maximum absolute atomic E-state index is 12.7. The SMILES string of the molecule is CCOc1ccc(S(=O)(=O)N(C)C(C)C2CC2)cc1CN. The van der Waals surface area contributed by atoms with Gasteiger partial charge in [-0.25, -0.2) is 8.42 Å². The van der Waals surface area contributed by atoms with E-state index >= 15 is 0 Å². The maximum atomic E-state index is 12.7. The van der Waals surface area contributed by atoms with Gasteiger partial charge < -0.3 is 10.5 Å². The molecule has 2 rings (SSSR count). The van der Waals surface area contributed by atoms with Crippen LogP contribution in [0.1, 0.15) is 32.3 Å². The molecule has 0 aromatic heterocycles. The van der Waals surface area contributed by atoms with Crippen LogP contribution in [0.3, 0.4) is 0 Å². The molecule has 0 radical (unpaired) electrons. The topological polar surface area (TPSA) is 72.6 Å². The van der Waals surface area contributed by atoms with Gasteiger partial charge in [0.05, 0.1) is 11.5 Å². The lowest BCUT2D eigenvalue weighted by atomic mass is 10.2. The largest absolute Gasteiger partial charge is 0.494 e. The molecule has 1 atom stereocenters. The molecule has 1 aromatic carbocycles. The van der Waals surface area contributed by atoms with Crippen LogP contribution in [-0.4, -0.2) is 32.4 Å². The maximum Gasteiger partial charge on any atom is 0.243 e. The quantitative estimate of drug-likeness (QED) is 0.835. The van der Waals surface area contributed by atoms with Gasteiger partial charge in [0.25, 0.3) is 0 Å². The number of nitrogens with two attached hydrogens (primary N) is 1. The van der Waals surface area contributed by atoms with E-state index in [1.807, 2.05) is 13.8 Å². The number of ether oxygens (including phenoxy) is 1. The molecular weight excluding hydrogens is 288 g/mol. The summed E-state index contributed by atoms with van der Waals surface area (Å²) in [5.74, 6) is 1.14. The first kappa shape index (κ1) is 16.3. The molecule has 1 fully saturated rings. The highest BCUT2D eigenvalue weighted by atomic mass is 32.2. The molecule has 0 saturated heterocycles. The van der Waals surface area contributed by atoms with E-state index in [0.29, 0.717) is 23.8 Å². The smallest absolute Gasteiger partial charge is 0.243 e. The van der Waals surface area contributed by atoms with E-state index in [1.165, 1.54) is 4.31 Å². The highest BCUT2D eigenvalue weighted by Crippen LogP contribution is 2.36. The summed E-state index contributed by atoms with van der Waals surface area (Å²) in [6.45, 7) is 4.63. The number of hydrogen-bond donors (Lipinski definition) is 1. The zero-order valence-electron chi connectivity index (χ0n) is 12.9. The standard InChI is InChI=1S/C15H24N2O3S/c1-4-20-15-8-7-14(9-13(15)10-16)21(18,19)17(3)11(2)12-5-6-12/h7-9,11-12H,4-6,10,16H2,1-3H3. The number of nitrogens with zero attached hydrogens (tertiary/aromatic N) is 1. The highest BCUT2D eigenvalue weighted by molar-refractivity contribution is 7.89. The molecule has 1 aliphatic rings. The van der Waals surface area contributed by atoms with Crippen molar-refractivity contribution in [3.05, 3.63) is 23.8 Å². The molecule has 1 unspecified atom stereocenters. The minimum atomic E-state index is -3.49. The summed E-state index contributed by atoms with van der Waals surface area (Å²) in [5.41, 5.74) is 6.41. The Morgan fingerprint density at radius 1 is 1.43 bits per heavy atom. The van der Waals surface area contributed by atoms with Gasteiger partial charge in [-0.15, -0.1) is 0 Å². The number of hydrogen-bond acceptors (Lipinski definition) is 4. The molecule has 0 amide bonds. The van der Waals surface area contributed by atoms with Crippen LogP contribution in [0.15, 0.2) is 23.1 Å². The van der Waals surface area contributed by atoms with Crippen molar-refractivity contribution >= 4 is 10.0 Å². The molecule has 5 nitrogen and oxygen atoms in total. The molecule has 1 aromatic rings. The van der Waals surface area contributed by atoms with E-state index in [4.69, 9.17) is 10.5 Å². The molecule has 0 heterocycles. The predicted octanol–water partition coefficient (Wildman–Crippen LogP) is 1.96. The molecule has 6 heteroatoms. The Morgan fingerprint density at radius 3 is 2.62 bits per heavy atom. The summed E-state index contributed by atoms with van der Waals surface area (Å²) in [7, 11) is -1.84. The first-order valence-electron chi connectivity index (χ1n) is 7.35. The van der Waals surface area contributed by atoms with Gasteiger partial charge in [-0.1, -0.05) is 0 Å². The van der Waals surface area contributed by atoms with E-state index < -0.39 is 10.0 Å². The lowest BCUT2D eigenvalue weighted by molar-refractivity contribution is 0.336. The van der Waals surface area contributed by atoms with E-state index in [2.05, 4.69) is 0 Å². The average Bonchev–Trinajstić information content (AvgIpc) is 3.30. The predicted molar refractivity (Wildman–Crippen MR) is 82.6 cm³/mol. The number of sulfonamides is 1. The second-order valence-electron chi connectivity index (χ2n) is 5.51. The second kappa shape index (κ2) is 6.34. The van der Waals surface area contributed by atoms with Crippen LogP contribution in [-0.2, 0) is 16.6 Å². The zero-order valence-corrected chi connectivity index (χ0v) is 13.7. The Hall–Kier alpha value is -1.11. The van der Waals surface area contributed by atoms with Crippen molar-refractivity contribution in [3.8, 4) is 5.75 Å². The van der Waals surface area contributed by atoms with Gasteiger partial charge in [0.1, 0.15) is 5.75 Å². The van der Waals surface area contributed by atoms with E-state index in [1.54, 1.807) is 25.2 Å². The number of rotatable bonds is 7. The molecule has 1 aliphatic carbocycles. The van der Waals surface area contributed by atoms with Crippen molar-refractivity contribution in [2.24, 2.45) is 11.7 Å². The van der Waals surface area contributed by atoms with Crippen LogP contribution in [0.5, 0.6) is 5.75 Å². The van der Waals surface area contributed by atoms with Gasteiger partial charge in [0.15, 0.2) is 0 Å². The van der Waals surface area contributed by atoms with E-state index in [-0.39, 0.29) is 17.5 Å². The van der Waals surface area contributed by atoms with Gasteiger partial charge in [0.2, 0.25) is 10.0 Å². The third kappa shape index (κ3) is 3.39. The van der Waals surface area contributed by atoms with Gasteiger partial charge >= 0.3 is 0 Å². The van der Waals surface area contributed by atoms with Gasteiger partial charge in [0, 0.05) is 25.2 Å². The molecule has 21 heavy (non-hydrogen) atoms. The molecule has 0 aliphatic heterocycles. The van der Waals surface area contributed by atoms with Crippen molar-refractivity contribution in [3.63, 3.8) is 0 Å². The van der Waals surface area contributed by atoms with Crippen molar-refractivity contribution in [1.82, 2.24) is 4.31 Å². The summed E-state index contributed by atoms with van der Waals surface area (Å²) in [6, 6.07) is 4.93.